The van der Waals surface area contributed by atoms with E-state index >= 15 is 0 Å². The van der Waals surface area contributed by atoms with Crippen molar-refractivity contribution in [3.8, 4) is 11.1 Å². The van der Waals surface area contributed by atoms with Gasteiger partial charge in [-0.2, -0.15) is 0 Å². The maximum absolute atomic E-state index is 12.9. The largest absolute Gasteiger partial charge is 0.448 e. The lowest BCUT2D eigenvalue weighted by Crippen LogP contribution is -2.42. The molecule has 0 saturated heterocycles. The van der Waals surface area contributed by atoms with Crippen molar-refractivity contribution in [3.05, 3.63) is 95.6 Å². The molecule has 1 N–H and O–H groups in total. The molecule has 0 fully saturated rings. The van der Waals surface area contributed by atoms with E-state index in [2.05, 4.69) is 24.3 Å². The van der Waals surface area contributed by atoms with Crippen LogP contribution in [0.3, 0.4) is 0 Å². The smallest absolute Gasteiger partial charge is 0.410 e. The Morgan fingerprint density at radius 1 is 0.933 bits per heavy atom. The molecule has 4 rings (SSSR count). The molecule has 2 unspecified atom stereocenters. The molecule has 0 bridgehead atoms. The van der Waals surface area contributed by atoms with Crippen LogP contribution in [-0.2, 0) is 4.74 Å². The van der Waals surface area contributed by atoms with Crippen molar-refractivity contribution in [2.24, 2.45) is 0 Å². The number of aliphatic hydroxyl groups is 1. The van der Waals surface area contributed by atoms with Crippen molar-refractivity contribution in [2.75, 3.05) is 13.2 Å². The van der Waals surface area contributed by atoms with E-state index in [0.29, 0.717) is 6.54 Å². The molecule has 3 aromatic carbocycles. The Bertz CT molecular complexity index is 972. The van der Waals surface area contributed by atoms with Crippen LogP contribution in [0.25, 0.3) is 11.1 Å². The summed E-state index contributed by atoms with van der Waals surface area (Å²) in [5.41, 5.74) is 5.57. The molecule has 0 spiro atoms. The lowest BCUT2D eigenvalue weighted by molar-refractivity contribution is 0.0407. The minimum atomic E-state index is -0.772. The first-order valence-corrected chi connectivity index (χ1v) is 10.5. The molecule has 0 aliphatic heterocycles. The average Bonchev–Trinajstić information content (AvgIpc) is 3.12. The molecule has 3 aromatic rings. The zero-order valence-electron chi connectivity index (χ0n) is 17.4. The zero-order valence-corrected chi connectivity index (χ0v) is 17.4. The number of fused-ring (bicyclic) bond motifs is 3. The first-order valence-electron chi connectivity index (χ1n) is 10.5. The van der Waals surface area contributed by atoms with Crippen LogP contribution in [0.1, 0.15) is 42.6 Å². The Morgan fingerprint density at radius 3 is 2.03 bits per heavy atom. The molecular formula is C26H27NO3. The van der Waals surface area contributed by atoms with Gasteiger partial charge in [0.25, 0.3) is 0 Å². The monoisotopic (exact) mass is 401 g/mol. The van der Waals surface area contributed by atoms with Crippen LogP contribution in [0.2, 0.25) is 0 Å². The molecule has 0 saturated carbocycles. The van der Waals surface area contributed by atoms with Gasteiger partial charge in [0, 0.05) is 12.5 Å². The third kappa shape index (κ3) is 3.71. The number of amides is 1. The topological polar surface area (TPSA) is 49.8 Å². The molecule has 4 nitrogen and oxygen atoms in total. The van der Waals surface area contributed by atoms with Gasteiger partial charge >= 0.3 is 6.09 Å². The summed E-state index contributed by atoms with van der Waals surface area (Å²) in [6, 6.07) is 25.6. The molecule has 154 valence electrons. The maximum atomic E-state index is 12.9. The van der Waals surface area contributed by atoms with Crippen LogP contribution >= 0.6 is 0 Å². The van der Waals surface area contributed by atoms with Crippen LogP contribution in [0.4, 0.5) is 4.79 Å². The standard InChI is InChI=1S/C26H27NO3/c1-3-27(18(2)25(28)19-11-5-4-6-12-19)26(29)30-17-24-22-15-9-7-13-20(22)21-14-8-10-16-23(21)24/h4-16,18,24-25,28H,3,17H2,1-2H3. The summed E-state index contributed by atoms with van der Waals surface area (Å²) in [5.74, 6) is 0.0226. The molecule has 1 amide bonds. The highest BCUT2D eigenvalue weighted by Gasteiger charge is 2.31. The van der Waals surface area contributed by atoms with Crippen LogP contribution in [-0.4, -0.2) is 35.3 Å². The molecule has 30 heavy (non-hydrogen) atoms. The predicted molar refractivity (Wildman–Crippen MR) is 118 cm³/mol. The molecular weight excluding hydrogens is 374 g/mol. The third-order valence-corrected chi connectivity index (χ3v) is 6.00. The Kier molecular flexibility index (Phi) is 5.86. The van der Waals surface area contributed by atoms with Gasteiger partial charge in [0.1, 0.15) is 6.61 Å². The van der Waals surface area contributed by atoms with Crippen molar-refractivity contribution >= 4 is 6.09 Å². The van der Waals surface area contributed by atoms with E-state index in [1.165, 1.54) is 22.3 Å². The zero-order chi connectivity index (χ0) is 21.1. The summed E-state index contributed by atoms with van der Waals surface area (Å²) in [5, 5.41) is 10.7. The van der Waals surface area contributed by atoms with Gasteiger partial charge in [-0.3, -0.25) is 0 Å². The maximum Gasteiger partial charge on any atom is 0.410 e. The van der Waals surface area contributed by atoms with Gasteiger partial charge in [-0.15, -0.1) is 0 Å². The highest BCUT2D eigenvalue weighted by molar-refractivity contribution is 5.79. The lowest BCUT2D eigenvalue weighted by atomic mass is 9.98. The van der Waals surface area contributed by atoms with E-state index < -0.39 is 18.2 Å². The van der Waals surface area contributed by atoms with Gasteiger partial charge in [0.15, 0.2) is 0 Å². The van der Waals surface area contributed by atoms with E-state index in [1.54, 1.807) is 4.90 Å². The SMILES string of the molecule is CCN(C(=O)OCC1c2ccccc2-c2ccccc21)C(C)C(O)c1ccccc1. The second-order valence-corrected chi connectivity index (χ2v) is 7.69. The number of ether oxygens (including phenoxy) is 1. The highest BCUT2D eigenvalue weighted by atomic mass is 16.6. The Balaban J connectivity index is 1.48. The number of nitrogens with zero attached hydrogens (tertiary/aromatic N) is 1. The van der Waals surface area contributed by atoms with E-state index in [9.17, 15) is 9.90 Å². The van der Waals surface area contributed by atoms with E-state index in [-0.39, 0.29) is 12.5 Å². The highest BCUT2D eigenvalue weighted by Crippen LogP contribution is 2.44. The average molecular weight is 402 g/mol. The van der Waals surface area contributed by atoms with Gasteiger partial charge in [0.05, 0.1) is 12.1 Å². The van der Waals surface area contributed by atoms with Crippen molar-refractivity contribution in [2.45, 2.75) is 31.9 Å². The first-order chi connectivity index (χ1) is 14.6. The van der Waals surface area contributed by atoms with Gasteiger partial charge in [-0.1, -0.05) is 78.9 Å². The van der Waals surface area contributed by atoms with Gasteiger partial charge < -0.3 is 14.7 Å². The Hall–Kier alpha value is -3.11. The number of hydrogen-bond donors (Lipinski definition) is 1. The minimum Gasteiger partial charge on any atom is -0.448 e. The van der Waals surface area contributed by atoms with Gasteiger partial charge in [-0.25, -0.2) is 4.79 Å². The van der Waals surface area contributed by atoms with Crippen molar-refractivity contribution in [1.29, 1.82) is 0 Å². The van der Waals surface area contributed by atoms with Crippen molar-refractivity contribution in [1.82, 2.24) is 4.90 Å². The summed E-state index contributed by atoms with van der Waals surface area (Å²) < 4.78 is 5.78. The molecule has 2 atom stereocenters. The van der Waals surface area contributed by atoms with Crippen LogP contribution in [0.15, 0.2) is 78.9 Å². The minimum absolute atomic E-state index is 0.0226. The summed E-state index contributed by atoms with van der Waals surface area (Å²) in [4.78, 5) is 14.5. The fraction of sp³-hybridized carbons (Fsp3) is 0.269. The van der Waals surface area contributed by atoms with Crippen molar-refractivity contribution in [3.63, 3.8) is 0 Å². The number of carbonyl (C=O) groups excluding carboxylic acids is 1. The fourth-order valence-electron chi connectivity index (χ4n) is 4.36. The quantitative estimate of drug-likeness (QED) is 0.603. The Morgan fingerprint density at radius 2 is 1.47 bits per heavy atom. The number of likely N-dealkylation sites (N-methyl/N-ethyl adjacent to an activating group) is 1. The molecule has 4 heteroatoms. The molecule has 0 heterocycles. The van der Waals surface area contributed by atoms with Crippen LogP contribution < -0.4 is 0 Å². The van der Waals surface area contributed by atoms with E-state index in [0.717, 1.165) is 5.56 Å². The summed E-state index contributed by atoms with van der Waals surface area (Å²) >= 11 is 0. The normalized spacial score (nSPS) is 14.5. The molecule has 0 aromatic heterocycles. The fourth-order valence-corrected chi connectivity index (χ4v) is 4.36. The molecule has 1 aliphatic rings. The summed E-state index contributed by atoms with van der Waals surface area (Å²) in [6.07, 6.45) is -1.17. The number of benzene rings is 3. The summed E-state index contributed by atoms with van der Waals surface area (Å²) in [7, 11) is 0. The van der Waals surface area contributed by atoms with Crippen LogP contribution in [0, 0.1) is 0 Å². The van der Waals surface area contributed by atoms with Crippen LogP contribution in [0.5, 0.6) is 0 Å². The van der Waals surface area contributed by atoms with E-state index in [4.69, 9.17) is 4.74 Å². The number of hydrogen-bond acceptors (Lipinski definition) is 3. The van der Waals surface area contributed by atoms with Gasteiger partial charge in [-0.05, 0) is 41.7 Å². The number of aliphatic hydroxyl groups excluding tert-OH is 1. The molecule has 0 radical (unpaired) electrons. The lowest BCUT2D eigenvalue weighted by Gasteiger charge is -2.31. The predicted octanol–water partition coefficient (Wildman–Crippen LogP) is 5.38. The summed E-state index contributed by atoms with van der Waals surface area (Å²) in [6.45, 7) is 4.48. The first kappa shape index (κ1) is 20.2. The third-order valence-electron chi connectivity index (χ3n) is 6.00. The number of rotatable bonds is 6. The molecule has 1 aliphatic carbocycles. The Labute approximate surface area is 177 Å². The van der Waals surface area contributed by atoms with Crippen molar-refractivity contribution < 1.29 is 14.6 Å². The second kappa shape index (κ2) is 8.72. The van der Waals surface area contributed by atoms with E-state index in [1.807, 2.05) is 68.4 Å². The number of carbonyl (C=O) groups is 1. The second-order valence-electron chi connectivity index (χ2n) is 7.69. The van der Waals surface area contributed by atoms with Gasteiger partial charge in [0.2, 0.25) is 0 Å².